The van der Waals surface area contributed by atoms with Gasteiger partial charge in [-0.1, -0.05) is 44.2 Å². The van der Waals surface area contributed by atoms with E-state index in [2.05, 4.69) is 10.6 Å². The van der Waals surface area contributed by atoms with Gasteiger partial charge in [0.15, 0.2) is 0 Å². The third-order valence-electron chi connectivity index (χ3n) is 4.57. The van der Waals surface area contributed by atoms with Crippen LogP contribution in [0.2, 0.25) is 0 Å². The second-order valence-corrected chi connectivity index (χ2v) is 7.37. The molecule has 0 bridgehead atoms. The molecule has 2 amide bonds. The number of hydrogen-bond acceptors (Lipinski definition) is 5. The van der Waals surface area contributed by atoms with Gasteiger partial charge in [0, 0.05) is 11.1 Å². The lowest BCUT2D eigenvalue weighted by Gasteiger charge is -2.18. The van der Waals surface area contributed by atoms with Gasteiger partial charge in [-0.25, -0.2) is 14.4 Å². The number of carbonyl (C=O) groups excluding carboxylic acids is 2. The Morgan fingerprint density at radius 3 is 2.57 bits per heavy atom. The van der Waals surface area contributed by atoms with E-state index in [0.29, 0.717) is 28.8 Å². The third kappa shape index (κ3) is 5.05. The molecule has 30 heavy (non-hydrogen) atoms. The molecule has 1 atom stereocenters. The minimum absolute atomic E-state index is 0.199. The number of benzene rings is 2. The number of carbonyl (C=O) groups is 2. The molecular weight excluding hydrogens is 384 g/mol. The first-order valence-electron chi connectivity index (χ1n) is 9.66. The van der Waals surface area contributed by atoms with E-state index in [1.807, 2.05) is 26.0 Å². The summed E-state index contributed by atoms with van der Waals surface area (Å²) in [5, 5.41) is 6.14. The number of fused-ring (bicyclic) bond motifs is 1. The first kappa shape index (κ1) is 21.1. The summed E-state index contributed by atoms with van der Waals surface area (Å²) in [5.41, 5.74) is 1.53. The first-order chi connectivity index (χ1) is 14.4. The molecule has 7 heteroatoms. The van der Waals surface area contributed by atoms with Crippen molar-refractivity contribution in [1.29, 1.82) is 0 Å². The molecule has 156 valence electrons. The second kappa shape index (κ2) is 9.26. The second-order valence-electron chi connectivity index (χ2n) is 7.37. The summed E-state index contributed by atoms with van der Waals surface area (Å²) in [4.78, 5) is 36.7. The van der Waals surface area contributed by atoms with Crippen LogP contribution in [0.25, 0.3) is 22.1 Å². The fraction of sp³-hybridized carbons (Fsp3) is 0.261. The number of hydrogen-bond donors (Lipinski definition) is 2. The minimum atomic E-state index is -0.745. The molecule has 0 saturated heterocycles. The summed E-state index contributed by atoms with van der Waals surface area (Å²) in [5.74, 6) is -0.300. The monoisotopic (exact) mass is 408 g/mol. The van der Waals surface area contributed by atoms with Crippen LogP contribution in [-0.4, -0.2) is 25.2 Å². The average molecular weight is 408 g/mol. The molecule has 0 aliphatic heterocycles. The lowest BCUT2D eigenvalue weighted by atomic mass is 10.0. The zero-order valence-corrected chi connectivity index (χ0v) is 17.1. The highest BCUT2D eigenvalue weighted by Crippen LogP contribution is 2.23. The van der Waals surface area contributed by atoms with Gasteiger partial charge in [0.2, 0.25) is 0 Å². The van der Waals surface area contributed by atoms with E-state index in [0.717, 1.165) is 5.39 Å². The van der Waals surface area contributed by atoms with Gasteiger partial charge in [0.1, 0.15) is 11.6 Å². The molecule has 0 saturated carbocycles. The maximum atomic E-state index is 12.4. The lowest BCUT2D eigenvalue weighted by molar-refractivity contribution is -0.143. The van der Waals surface area contributed by atoms with Crippen molar-refractivity contribution in [3.05, 3.63) is 65.0 Å². The molecule has 0 fully saturated rings. The van der Waals surface area contributed by atoms with Gasteiger partial charge in [0.25, 0.3) is 0 Å². The van der Waals surface area contributed by atoms with Crippen molar-refractivity contribution in [3.8, 4) is 11.1 Å². The molecule has 2 N–H and O–H groups in total. The van der Waals surface area contributed by atoms with Crippen molar-refractivity contribution in [2.75, 3.05) is 12.4 Å². The van der Waals surface area contributed by atoms with Crippen LogP contribution in [0.4, 0.5) is 10.5 Å². The van der Waals surface area contributed by atoms with Crippen molar-refractivity contribution < 1.29 is 18.7 Å². The van der Waals surface area contributed by atoms with Crippen molar-refractivity contribution in [2.24, 2.45) is 5.92 Å². The largest absolute Gasteiger partial charge is 0.467 e. The molecule has 1 heterocycles. The predicted octanol–water partition coefficient (Wildman–Crippen LogP) is 4.17. The van der Waals surface area contributed by atoms with Gasteiger partial charge < -0.3 is 19.8 Å². The molecule has 7 nitrogen and oxygen atoms in total. The van der Waals surface area contributed by atoms with Crippen LogP contribution in [-0.2, 0) is 9.53 Å². The van der Waals surface area contributed by atoms with E-state index < -0.39 is 23.7 Å². The highest BCUT2D eigenvalue weighted by atomic mass is 16.5. The molecule has 3 aromatic rings. The van der Waals surface area contributed by atoms with Gasteiger partial charge in [-0.2, -0.15) is 0 Å². The summed E-state index contributed by atoms with van der Waals surface area (Å²) in [7, 11) is 1.29. The van der Waals surface area contributed by atoms with Crippen molar-refractivity contribution in [3.63, 3.8) is 0 Å². The lowest BCUT2D eigenvalue weighted by Crippen LogP contribution is -2.44. The maximum absolute atomic E-state index is 12.4. The van der Waals surface area contributed by atoms with Crippen LogP contribution >= 0.6 is 0 Å². The van der Waals surface area contributed by atoms with E-state index in [1.54, 1.807) is 42.5 Å². The summed E-state index contributed by atoms with van der Waals surface area (Å²) >= 11 is 0. The fourth-order valence-corrected chi connectivity index (χ4v) is 3.18. The van der Waals surface area contributed by atoms with E-state index in [4.69, 9.17) is 9.15 Å². The molecule has 0 spiro atoms. The Balaban J connectivity index is 1.80. The Kier molecular flexibility index (Phi) is 6.51. The van der Waals surface area contributed by atoms with Gasteiger partial charge >= 0.3 is 17.6 Å². The summed E-state index contributed by atoms with van der Waals surface area (Å²) in [6.45, 7) is 3.91. The third-order valence-corrected chi connectivity index (χ3v) is 4.57. The number of urea groups is 1. The molecule has 2 aromatic carbocycles. The number of anilines is 1. The highest BCUT2D eigenvalue weighted by molar-refractivity contribution is 5.93. The van der Waals surface area contributed by atoms with E-state index >= 15 is 0 Å². The number of nitrogens with one attached hydrogen (secondary N) is 2. The number of esters is 1. The van der Waals surface area contributed by atoms with Gasteiger partial charge in [-0.05, 0) is 42.2 Å². The molecule has 1 unspecified atom stereocenters. The highest BCUT2D eigenvalue weighted by Gasteiger charge is 2.22. The Labute approximate surface area is 174 Å². The van der Waals surface area contributed by atoms with E-state index in [9.17, 15) is 14.4 Å². The topological polar surface area (TPSA) is 97.6 Å². The Hall–Kier alpha value is -3.61. The number of amides is 2. The average Bonchev–Trinajstić information content (AvgIpc) is 2.72. The number of rotatable bonds is 6. The van der Waals surface area contributed by atoms with Crippen LogP contribution in [0, 0.1) is 5.92 Å². The van der Waals surface area contributed by atoms with E-state index in [1.165, 1.54) is 7.11 Å². The van der Waals surface area contributed by atoms with Crippen molar-refractivity contribution in [1.82, 2.24) is 5.32 Å². The van der Waals surface area contributed by atoms with Gasteiger partial charge in [-0.15, -0.1) is 0 Å². The first-order valence-corrected chi connectivity index (χ1v) is 9.66. The SMILES string of the molecule is COC(=O)C(CC(C)C)NC(=O)Nc1cccc(-c2cc3ccccc3oc2=O)c1. The summed E-state index contributed by atoms with van der Waals surface area (Å²) in [6.07, 6.45) is 0.457. The maximum Gasteiger partial charge on any atom is 0.344 e. The van der Waals surface area contributed by atoms with Crippen molar-refractivity contribution in [2.45, 2.75) is 26.3 Å². The van der Waals surface area contributed by atoms with Crippen molar-refractivity contribution >= 4 is 28.7 Å². The van der Waals surface area contributed by atoms with Crippen LogP contribution in [0.3, 0.4) is 0 Å². The molecule has 0 radical (unpaired) electrons. The smallest absolute Gasteiger partial charge is 0.344 e. The predicted molar refractivity (Wildman–Crippen MR) is 115 cm³/mol. The van der Waals surface area contributed by atoms with Crippen LogP contribution in [0.15, 0.2) is 63.8 Å². The Bertz CT molecular complexity index is 1120. The van der Waals surface area contributed by atoms with Crippen LogP contribution < -0.4 is 16.3 Å². The minimum Gasteiger partial charge on any atom is -0.467 e. The Morgan fingerprint density at radius 2 is 1.83 bits per heavy atom. The number of para-hydroxylation sites is 1. The standard InChI is InChI=1S/C23H24N2O5/c1-14(2)11-19(22(27)29-3)25-23(28)24-17-9-6-8-15(12-17)18-13-16-7-4-5-10-20(16)30-21(18)26/h4-10,12-14,19H,11H2,1-3H3,(H2,24,25,28). The zero-order chi connectivity index (χ0) is 21.7. The summed E-state index contributed by atoms with van der Waals surface area (Å²) < 4.78 is 10.2. The fourth-order valence-electron chi connectivity index (χ4n) is 3.18. The van der Waals surface area contributed by atoms with Gasteiger partial charge in [0.05, 0.1) is 12.7 Å². The normalized spacial score (nSPS) is 11.9. The molecule has 0 aliphatic carbocycles. The van der Waals surface area contributed by atoms with E-state index in [-0.39, 0.29) is 5.92 Å². The Morgan fingerprint density at radius 1 is 1.07 bits per heavy atom. The van der Waals surface area contributed by atoms with Crippen LogP contribution in [0.1, 0.15) is 20.3 Å². The molecule has 0 aliphatic rings. The summed E-state index contributed by atoms with van der Waals surface area (Å²) in [6, 6.07) is 14.6. The molecule has 1 aromatic heterocycles. The van der Waals surface area contributed by atoms with Crippen LogP contribution in [0.5, 0.6) is 0 Å². The number of ether oxygens (including phenoxy) is 1. The molecular formula is C23H24N2O5. The zero-order valence-electron chi connectivity index (χ0n) is 17.1. The quantitative estimate of drug-likeness (QED) is 0.471. The molecule has 3 rings (SSSR count). The number of methoxy groups -OCH3 is 1. The van der Waals surface area contributed by atoms with Gasteiger partial charge in [-0.3, -0.25) is 0 Å².